The van der Waals surface area contributed by atoms with Gasteiger partial charge in [0.1, 0.15) is 16.5 Å². The molecule has 130 valence electrons. The summed E-state index contributed by atoms with van der Waals surface area (Å²) in [5.41, 5.74) is -0.552. The number of hydrogen-bond acceptors (Lipinski definition) is 4. The lowest BCUT2D eigenvalue weighted by Gasteiger charge is -2.11. The smallest absolute Gasteiger partial charge is 0.264 e. The lowest BCUT2D eigenvalue weighted by atomic mass is 10.3. The first kappa shape index (κ1) is 18.4. The number of benzene rings is 2. The van der Waals surface area contributed by atoms with Gasteiger partial charge in [0.25, 0.3) is 10.0 Å². The third-order valence-electron chi connectivity index (χ3n) is 2.70. The fraction of sp³-hybridized carbons (Fsp3) is 0.0769. The topological polar surface area (TPSA) is 92.3 Å². The summed E-state index contributed by atoms with van der Waals surface area (Å²) >= 11 is 5.57. The normalized spacial score (nSPS) is 12.0. The molecule has 2 aromatic rings. The van der Waals surface area contributed by atoms with Crippen LogP contribution in [-0.4, -0.2) is 23.1 Å². The van der Waals surface area contributed by atoms with Crippen LogP contribution in [0.15, 0.2) is 41.3 Å². The van der Waals surface area contributed by atoms with Gasteiger partial charge in [-0.1, -0.05) is 11.6 Å². The van der Waals surface area contributed by atoms with Crippen LogP contribution in [0.4, 0.5) is 20.2 Å². The van der Waals surface area contributed by atoms with Gasteiger partial charge in [-0.15, -0.1) is 0 Å². The molecule has 0 aliphatic carbocycles. The lowest BCUT2D eigenvalue weighted by Crippen LogP contribution is -2.16. The van der Waals surface area contributed by atoms with Gasteiger partial charge in [-0.25, -0.2) is 25.6 Å². The Balaban J connectivity index is 2.35. The molecule has 0 atom stereocenters. The van der Waals surface area contributed by atoms with E-state index < -0.39 is 42.3 Å². The second-order valence-electron chi connectivity index (χ2n) is 4.75. The molecule has 0 saturated heterocycles. The maximum Gasteiger partial charge on any atom is 0.264 e. The van der Waals surface area contributed by atoms with E-state index >= 15 is 0 Å². The fourth-order valence-corrected chi connectivity index (χ4v) is 3.61. The van der Waals surface area contributed by atoms with E-state index in [2.05, 4.69) is 0 Å². The van der Waals surface area contributed by atoms with Gasteiger partial charge in [-0.05, 0) is 36.4 Å². The standard InChI is InChI=1S/C13H11ClF2N2O4S2/c1-23(19,20)17-9-3-5-13(11(16)7-9)24(21,22)18-12-4-2-8(14)6-10(12)15/h2-7,17-18H,1H3. The summed E-state index contributed by atoms with van der Waals surface area (Å²) in [5.74, 6) is -2.13. The zero-order valence-electron chi connectivity index (χ0n) is 12.0. The molecule has 0 amide bonds. The second-order valence-corrected chi connectivity index (χ2v) is 8.58. The molecule has 0 aliphatic rings. The van der Waals surface area contributed by atoms with E-state index in [0.29, 0.717) is 6.07 Å². The first-order valence-electron chi connectivity index (χ1n) is 6.23. The third kappa shape index (κ3) is 4.56. The van der Waals surface area contributed by atoms with Crippen LogP contribution in [0, 0.1) is 11.6 Å². The number of nitrogens with one attached hydrogen (secondary N) is 2. The molecular weight excluding hydrogens is 386 g/mol. The van der Waals surface area contributed by atoms with Crippen LogP contribution in [-0.2, 0) is 20.0 Å². The van der Waals surface area contributed by atoms with E-state index in [1.54, 1.807) is 0 Å². The average Bonchev–Trinajstić information content (AvgIpc) is 2.39. The SMILES string of the molecule is CS(=O)(=O)Nc1ccc(S(=O)(=O)Nc2ccc(Cl)cc2F)c(F)c1. The zero-order chi connectivity index (χ0) is 18.1. The van der Waals surface area contributed by atoms with Crippen LogP contribution in [0.3, 0.4) is 0 Å². The minimum Gasteiger partial charge on any atom is -0.284 e. The van der Waals surface area contributed by atoms with Crippen LogP contribution < -0.4 is 9.44 Å². The van der Waals surface area contributed by atoms with Crippen molar-refractivity contribution in [2.45, 2.75) is 4.90 Å². The van der Waals surface area contributed by atoms with Gasteiger partial charge in [-0.2, -0.15) is 0 Å². The van der Waals surface area contributed by atoms with E-state index in [0.717, 1.165) is 30.5 Å². The summed E-state index contributed by atoms with van der Waals surface area (Å²) in [4.78, 5) is -0.768. The summed E-state index contributed by atoms with van der Waals surface area (Å²) in [5, 5.41) is 0.0674. The molecule has 0 aliphatic heterocycles. The van der Waals surface area contributed by atoms with Crippen molar-refractivity contribution in [3.05, 3.63) is 53.1 Å². The highest BCUT2D eigenvalue weighted by molar-refractivity contribution is 7.92. The Bertz CT molecular complexity index is 995. The van der Waals surface area contributed by atoms with Crippen molar-refractivity contribution in [2.75, 3.05) is 15.7 Å². The molecule has 0 unspecified atom stereocenters. The number of rotatable bonds is 5. The molecule has 2 N–H and O–H groups in total. The van der Waals surface area contributed by atoms with Crippen molar-refractivity contribution in [1.29, 1.82) is 0 Å². The summed E-state index contributed by atoms with van der Waals surface area (Å²) < 4.78 is 78.1. The highest BCUT2D eigenvalue weighted by atomic mass is 35.5. The van der Waals surface area contributed by atoms with Gasteiger partial charge < -0.3 is 0 Å². The Kier molecular flexibility index (Phi) is 5.02. The Morgan fingerprint density at radius 1 is 0.917 bits per heavy atom. The van der Waals surface area contributed by atoms with Gasteiger partial charge in [0, 0.05) is 5.02 Å². The Labute approximate surface area is 142 Å². The molecule has 0 bridgehead atoms. The van der Waals surface area contributed by atoms with E-state index in [4.69, 9.17) is 11.6 Å². The molecule has 24 heavy (non-hydrogen) atoms. The van der Waals surface area contributed by atoms with Gasteiger partial charge in [0.2, 0.25) is 10.0 Å². The van der Waals surface area contributed by atoms with Crippen LogP contribution in [0.5, 0.6) is 0 Å². The van der Waals surface area contributed by atoms with Crippen molar-refractivity contribution in [1.82, 2.24) is 0 Å². The highest BCUT2D eigenvalue weighted by Gasteiger charge is 2.21. The van der Waals surface area contributed by atoms with Crippen molar-refractivity contribution in [3.8, 4) is 0 Å². The van der Waals surface area contributed by atoms with Gasteiger partial charge in [0.05, 0.1) is 17.6 Å². The molecule has 0 radical (unpaired) electrons. The molecule has 0 saturated carbocycles. The van der Waals surface area contributed by atoms with E-state index in [-0.39, 0.29) is 10.7 Å². The molecule has 0 spiro atoms. The predicted octanol–water partition coefficient (Wildman–Crippen LogP) is 2.79. The molecule has 2 rings (SSSR count). The number of anilines is 2. The average molecular weight is 397 g/mol. The third-order valence-corrected chi connectivity index (χ3v) is 4.94. The summed E-state index contributed by atoms with van der Waals surface area (Å²) in [7, 11) is -8.07. The number of halogens is 3. The highest BCUT2D eigenvalue weighted by Crippen LogP contribution is 2.25. The largest absolute Gasteiger partial charge is 0.284 e. The minimum atomic E-state index is -4.43. The summed E-state index contributed by atoms with van der Waals surface area (Å²) in [6.07, 6.45) is 0.862. The van der Waals surface area contributed by atoms with Crippen molar-refractivity contribution < 1.29 is 25.6 Å². The first-order chi connectivity index (χ1) is 11.0. The van der Waals surface area contributed by atoms with Gasteiger partial charge >= 0.3 is 0 Å². The molecule has 6 nitrogen and oxygen atoms in total. The Morgan fingerprint density at radius 2 is 1.58 bits per heavy atom. The van der Waals surface area contributed by atoms with Crippen LogP contribution in [0.25, 0.3) is 0 Å². The molecular formula is C13H11ClF2N2O4S2. The van der Waals surface area contributed by atoms with Crippen LogP contribution >= 0.6 is 11.6 Å². The van der Waals surface area contributed by atoms with E-state index in [9.17, 15) is 25.6 Å². The van der Waals surface area contributed by atoms with Gasteiger partial charge in [0.15, 0.2) is 0 Å². The predicted molar refractivity (Wildman–Crippen MR) is 87.1 cm³/mol. The van der Waals surface area contributed by atoms with E-state index in [1.807, 2.05) is 9.44 Å². The van der Waals surface area contributed by atoms with Crippen molar-refractivity contribution in [3.63, 3.8) is 0 Å². The quantitative estimate of drug-likeness (QED) is 0.812. The Hall–Kier alpha value is -1.91. The molecule has 0 aromatic heterocycles. The van der Waals surface area contributed by atoms with Crippen LogP contribution in [0.1, 0.15) is 0 Å². The summed E-state index contributed by atoms with van der Waals surface area (Å²) in [6.45, 7) is 0. The maximum atomic E-state index is 14.0. The van der Waals surface area contributed by atoms with E-state index in [1.165, 1.54) is 6.07 Å². The fourth-order valence-electron chi connectivity index (χ4n) is 1.77. The second kappa shape index (κ2) is 6.54. The first-order valence-corrected chi connectivity index (χ1v) is 9.98. The lowest BCUT2D eigenvalue weighted by molar-refractivity contribution is 0.570. The van der Waals surface area contributed by atoms with Gasteiger partial charge in [-0.3, -0.25) is 9.44 Å². The number of sulfonamides is 2. The number of hydrogen-bond donors (Lipinski definition) is 2. The van der Waals surface area contributed by atoms with Crippen LogP contribution in [0.2, 0.25) is 5.02 Å². The zero-order valence-corrected chi connectivity index (χ0v) is 14.4. The monoisotopic (exact) mass is 396 g/mol. The molecule has 0 heterocycles. The Morgan fingerprint density at radius 3 is 2.12 bits per heavy atom. The molecule has 0 fully saturated rings. The van der Waals surface area contributed by atoms with Crippen molar-refractivity contribution in [2.24, 2.45) is 0 Å². The summed E-state index contributed by atoms with van der Waals surface area (Å²) in [6, 6.07) is 5.88. The molecule has 11 heteroatoms. The minimum absolute atomic E-state index is 0.0674. The maximum absolute atomic E-state index is 14.0. The van der Waals surface area contributed by atoms with Crippen molar-refractivity contribution >= 4 is 43.0 Å². The molecule has 2 aromatic carbocycles.